The summed E-state index contributed by atoms with van der Waals surface area (Å²) in [6.07, 6.45) is 5.23. The summed E-state index contributed by atoms with van der Waals surface area (Å²) in [5, 5.41) is 0. The first kappa shape index (κ1) is 12.5. The van der Waals surface area contributed by atoms with Crippen LogP contribution in [-0.2, 0) is 4.79 Å². The summed E-state index contributed by atoms with van der Waals surface area (Å²) >= 11 is 0. The van der Waals surface area contributed by atoms with E-state index in [9.17, 15) is 4.79 Å². The van der Waals surface area contributed by atoms with Crippen molar-refractivity contribution in [2.75, 3.05) is 0 Å². The summed E-state index contributed by atoms with van der Waals surface area (Å²) in [5.74, 6) is 1.07. The second kappa shape index (κ2) is 4.51. The molecule has 0 heterocycles. The van der Waals surface area contributed by atoms with Crippen LogP contribution in [0.2, 0.25) is 0 Å². The standard InChI is InChI=1S/C14H24O/c1-10(2)9-12(15)13-11(3)7-6-8-14(13,4)5/h7,10,13H,6,8-9H2,1-5H3. The third kappa shape index (κ3) is 2.93. The van der Waals surface area contributed by atoms with Gasteiger partial charge < -0.3 is 0 Å². The highest BCUT2D eigenvalue weighted by molar-refractivity contribution is 5.84. The zero-order valence-electron chi connectivity index (χ0n) is 10.8. The van der Waals surface area contributed by atoms with Crippen LogP contribution in [0.5, 0.6) is 0 Å². The Morgan fingerprint density at radius 3 is 2.60 bits per heavy atom. The Kier molecular flexibility index (Phi) is 3.75. The smallest absolute Gasteiger partial charge is 0.140 e. The lowest BCUT2D eigenvalue weighted by Crippen LogP contribution is -2.34. The maximum Gasteiger partial charge on any atom is 0.140 e. The van der Waals surface area contributed by atoms with Crippen LogP contribution in [-0.4, -0.2) is 5.78 Å². The van der Waals surface area contributed by atoms with Gasteiger partial charge in [0.1, 0.15) is 5.78 Å². The lowest BCUT2D eigenvalue weighted by Gasteiger charge is -2.37. The van der Waals surface area contributed by atoms with E-state index in [0.29, 0.717) is 11.7 Å². The van der Waals surface area contributed by atoms with Crippen LogP contribution in [0.1, 0.15) is 53.9 Å². The van der Waals surface area contributed by atoms with Crippen molar-refractivity contribution in [3.8, 4) is 0 Å². The molecule has 1 unspecified atom stereocenters. The fraction of sp³-hybridized carbons (Fsp3) is 0.786. The molecule has 0 spiro atoms. The fourth-order valence-corrected chi connectivity index (χ4v) is 2.76. The normalized spacial score (nSPS) is 25.2. The molecule has 0 saturated heterocycles. The van der Waals surface area contributed by atoms with Gasteiger partial charge in [-0.3, -0.25) is 4.79 Å². The molecule has 0 N–H and O–H groups in total. The molecule has 1 aliphatic carbocycles. The highest BCUT2D eigenvalue weighted by atomic mass is 16.1. The van der Waals surface area contributed by atoms with Crippen LogP contribution in [0.3, 0.4) is 0 Å². The molecule has 0 saturated carbocycles. The minimum Gasteiger partial charge on any atom is -0.299 e. The van der Waals surface area contributed by atoms with Crippen molar-refractivity contribution < 1.29 is 4.79 Å². The number of allylic oxidation sites excluding steroid dienone is 2. The average Bonchev–Trinajstić information content (AvgIpc) is 1.99. The van der Waals surface area contributed by atoms with Crippen LogP contribution in [0.4, 0.5) is 0 Å². The van der Waals surface area contributed by atoms with Crippen molar-refractivity contribution in [2.45, 2.75) is 53.9 Å². The van der Waals surface area contributed by atoms with E-state index in [1.54, 1.807) is 0 Å². The number of carbonyl (C=O) groups excluding carboxylic acids is 1. The number of rotatable bonds is 3. The van der Waals surface area contributed by atoms with E-state index in [1.165, 1.54) is 5.57 Å². The highest BCUT2D eigenvalue weighted by Gasteiger charge is 2.37. The Morgan fingerprint density at radius 2 is 2.13 bits per heavy atom. The van der Waals surface area contributed by atoms with E-state index in [4.69, 9.17) is 0 Å². The van der Waals surface area contributed by atoms with E-state index in [-0.39, 0.29) is 11.3 Å². The summed E-state index contributed by atoms with van der Waals surface area (Å²) in [4.78, 5) is 12.2. The third-order valence-electron chi connectivity index (χ3n) is 3.42. The number of hydrogen-bond acceptors (Lipinski definition) is 1. The van der Waals surface area contributed by atoms with Gasteiger partial charge in [-0.25, -0.2) is 0 Å². The Labute approximate surface area is 93.9 Å². The second-order valence-corrected chi connectivity index (χ2v) is 5.97. The second-order valence-electron chi connectivity index (χ2n) is 5.97. The maximum absolute atomic E-state index is 12.2. The highest BCUT2D eigenvalue weighted by Crippen LogP contribution is 2.42. The number of hydrogen-bond donors (Lipinski definition) is 0. The summed E-state index contributed by atoms with van der Waals surface area (Å²) < 4.78 is 0. The Bertz CT molecular complexity index is 271. The minimum atomic E-state index is 0.158. The average molecular weight is 208 g/mol. The van der Waals surface area contributed by atoms with Crippen LogP contribution < -0.4 is 0 Å². The Balaban J connectivity index is 2.84. The van der Waals surface area contributed by atoms with Gasteiger partial charge in [-0.05, 0) is 31.1 Å². The van der Waals surface area contributed by atoms with E-state index >= 15 is 0 Å². The largest absolute Gasteiger partial charge is 0.299 e. The molecular weight excluding hydrogens is 184 g/mol. The molecule has 0 aromatic rings. The molecule has 15 heavy (non-hydrogen) atoms. The zero-order valence-corrected chi connectivity index (χ0v) is 10.8. The van der Waals surface area contributed by atoms with E-state index in [2.05, 4.69) is 40.7 Å². The van der Waals surface area contributed by atoms with E-state index in [0.717, 1.165) is 19.3 Å². The van der Waals surface area contributed by atoms with Gasteiger partial charge in [0.25, 0.3) is 0 Å². The zero-order chi connectivity index (χ0) is 11.6. The lowest BCUT2D eigenvalue weighted by atomic mass is 9.66. The quantitative estimate of drug-likeness (QED) is 0.641. The van der Waals surface area contributed by atoms with E-state index < -0.39 is 0 Å². The molecule has 0 aromatic heterocycles. The summed E-state index contributed by atoms with van der Waals surface area (Å²) in [7, 11) is 0. The molecule has 0 aromatic carbocycles. The van der Waals surface area contributed by atoms with Gasteiger partial charge in [-0.15, -0.1) is 0 Å². The van der Waals surface area contributed by atoms with Crippen LogP contribution in [0.15, 0.2) is 11.6 Å². The van der Waals surface area contributed by atoms with Gasteiger partial charge in [0.2, 0.25) is 0 Å². The SMILES string of the molecule is CC1=CCCC(C)(C)C1C(=O)CC(C)C. The van der Waals surface area contributed by atoms with Crippen molar-refractivity contribution in [1.82, 2.24) is 0 Å². The summed E-state index contributed by atoms with van der Waals surface area (Å²) in [5.41, 5.74) is 1.45. The summed E-state index contributed by atoms with van der Waals surface area (Å²) in [6.45, 7) is 10.8. The van der Waals surface area contributed by atoms with Gasteiger partial charge in [-0.1, -0.05) is 39.3 Å². The van der Waals surface area contributed by atoms with Crippen molar-refractivity contribution in [3.05, 3.63) is 11.6 Å². The predicted molar refractivity (Wildman–Crippen MR) is 64.7 cm³/mol. The molecule has 86 valence electrons. The maximum atomic E-state index is 12.2. The molecule has 0 radical (unpaired) electrons. The van der Waals surface area contributed by atoms with Crippen molar-refractivity contribution >= 4 is 5.78 Å². The molecule has 0 aliphatic heterocycles. The molecule has 1 heteroatoms. The molecule has 1 atom stereocenters. The molecule has 1 aliphatic rings. The van der Waals surface area contributed by atoms with Gasteiger partial charge in [0.15, 0.2) is 0 Å². The molecular formula is C14H24O. The lowest BCUT2D eigenvalue weighted by molar-refractivity contribution is -0.125. The molecule has 0 fully saturated rings. The van der Waals surface area contributed by atoms with Crippen LogP contribution in [0, 0.1) is 17.3 Å². The monoisotopic (exact) mass is 208 g/mol. The fourth-order valence-electron chi connectivity index (χ4n) is 2.76. The first-order valence-corrected chi connectivity index (χ1v) is 6.04. The number of carbonyl (C=O) groups is 1. The number of ketones is 1. The van der Waals surface area contributed by atoms with Crippen molar-refractivity contribution in [2.24, 2.45) is 17.3 Å². The molecule has 0 amide bonds. The van der Waals surface area contributed by atoms with E-state index in [1.807, 2.05) is 0 Å². The van der Waals surface area contributed by atoms with Crippen molar-refractivity contribution in [3.63, 3.8) is 0 Å². The van der Waals surface area contributed by atoms with Crippen molar-refractivity contribution in [1.29, 1.82) is 0 Å². The summed E-state index contributed by atoms with van der Waals surface area (Å²) in [6, 6.07) is 0. The Hall–Kier alpha value is -0.590. The van der Waals surface area contributed by atoms with Gasteiger partial charge in [0.05, 0.1) is 0 Å². The predicted octanol–water partition coefficient (Wildman–Crippen LogP) is 3.98. The van der Waals surface area contributed by atoms with Gasteiger partial charge >= 0.3 is 0 Å². The first-order valence-electron chi connectivity index (χ1n) is 6.04. The van der Waals surface area contributed by atoms with Crippen LogP contribution >= 0.6 is 0 Å². The molecule has 1 rings (SSSR count). The topological polar surface area (TPSA) is 17.1 Å². The van der Waals surface area contributed by atoms with Crippen LogP contribution in [0.25, 0.3) is 0 Å². The van der Waals surface area contributed by atoms with Gasteiger partial charge in [0, 0.05) is 12.3 Å². The molecule has 0 bridgehead atoms. The first-order chi connectivity index (χ1) is 6.84. The molecule has 1 nitrogen and oxygen atoms in total. The van der Waals surface area contributed by atoms with Gasteiger partial charge in [-0.2, -0.15) is 0 Å². The third-order valence-corrected chi connectivity index (χ3v) is 3.42. The Morgan fingerprint density at radius 1 is 1.53 bits per heavy atom. The minimum absolute atomic E-state index is 0.158. The number of Topliss-reactive ketones (excluding diaryl/α,β-unsaturated/α-hetero) is 1.